The molecule has 0 atom stereocenters. The fraction of sp³-hybridized carbons (Fsp3) is 0.115. The van der Waals surface area contributed by atoms with Crippen molar-refractivity contribution in [2.24, 2.45) is 0 Å². The zero-order chi connectivity index (χ0) is 24.2. The smallest absolute Gasteiger partial charge is 0.335 e. The van der Waals surface area contributed by atoms with Gasteiger partial charge in [0.2, 0.25) is 0 Å². The number of methoxy groups -OCH3 is 1. The number of benzene rings is 3. The van der Waals surface area contributed by atoms with Gasteiger partial charge in [0.15, 0.2) is 0 Å². The number of hydrogen-bond acceptors (Lipinski definition) is 5. The first-order valence-corrected chi connectivity index (χ1v) is 11.2. The summed E-state index contributed by atoms with van der Waals surface area (Å²) in [5, 5.41) is 2.22. The van der Waals surface area contributed by atoms with E-state index in [1.54, 1.807) is 42.5 Å². The number of ether oxygens (including phenoxy) is 2. The molecule has 1 aliphatic heterocycles. The molecule has 0 bridgehead atoms. The monoisotopic (exact) mass is 520 g/mol. The number of barbiturate groups is 1. The second kappa shape index (κ2) is 9.93. The minimum Gasteiger partial charge on any atom is -0.497 e. The third kappa shape index (κ3) is 5.02. The quantitative estimate of drug-likeness (QED) is 0.364. The van der Waals surface area contributed by atoms with Gasteiger partial charge in [-0.1, -0.05) is 35.9 Å². The Labute approximate surface area is 205 Å². The molecule has 0 saturated carbocycles. The second-order valence-corrected chi connectivity index (χ2v) is 8.47. The maximum atomic E-state index is 13.0. The van der Waals surface area contributed by atoms with Gasteiger partial charge in [0.1, 0.15) is 23.7 Å². The van der Waals surface area contributed by atoms with Crippen molar-refractivity contribution in [1.29, 1.82) is 0 Å². The first kappa shape index (κ1) is 23.3. The fourth-order valence-electron chi connectivity index (χ4n) is 3.36. The molecule has 1 N–H and O–H groups in total. The molecule has 1 heterocycles. The molecular weight excluding hydrogens is 500 g/mol. The minimum atomic E-state index is -0.807. The van der Waals surface area contributed by atoms with Crippen LogP contribution in [0.25, 0.3) is 6.08 Å². The predicted octanol–water partition coefficient (Wildman–Crippen LogP) is 5.01. The van der Waals surface area contributed by atoms with Crippen LogP contribution in [-0.2, 0) is 16.2 Å². The van der Waals surface area contributed by atoms with Gasteiger partial charge in [-0.3, -0.25) is 14.9 Å². The Morgan fingerprint density at radius 3 is 2.32 bits per heavy atom. The number of rotatable bonds is 6. The maximum absolute atomic E-state index is 13.0. The number of amides is 4. The molecule has 1 fully saturated rings. The van der Waals surface area contributed by atoms with Crippen molar-refractivity contribution < 1.29 is 23.9 Å². The van der Waals surface area contributed by atoms with Crippen LogP contribution >= 0.6 is 15.9 Å². The number of anilines is 1. The lowest BCUT2D eigenvalue weighted by Gasteiger charge is -2.26. The van der Waals surface area contributed by atoms with Gasteiger partial charge in [-0.15, -0.1) is 0 Å². The van der Waals surface area contributed by atoms with E-state index in [-0.39, 0.29) is 5.57 Å². The van der Waals surface area contributed by atoms with Gasteiger partial charge < -0.3 is 9.47 Å². The van der Waals surface area contributed by atoms with Crippen molar-refractivity contribution >= 4 is 45.5 Å². The van der Waals surface area contributed by atoms with Gasteiger partial charge in [-0.25, -0.2) is 9.69 Å². The number of imide groups is 2. The van der Waals surface area contributed by atoms with Crippen molar-refractivity contribution in [3.8, 4) is 11.5 Å². The van der Waals surface area contributed by atoms with E-state index in [9.17, 15) is 14.4 Å². The van der Waals surface area contributed by atoms with Gasteiger partial charge in [0, 0.05) is 0 Å². The molecule has 1 aliphatic rings. The van der Waals surface area contributed by atoms with Crippen LogP contribution in [0.5, 0.6) is 11.5 Å². The van der Waals surface area contributed by atoms with E-state index < -0.39 is 17.8 Å². The molecule has 0 aliphatic carbocycles. The average molecular weight is 521 g/mol. The Kier molecular flexibility index (Phi) is 6.79. The normalized spacial score (nSPS) is 14.9. The van der Waals surface area contributed by atoms with Crippen LogP contribution in [0.1, 0.15) is 16.7 Å². The fourth-order valence-corrected chi connectivity index (χ4v) is 3.87. The van der Waals surface area contributed by atoms with E-state index in [2.05, 4.69) is 21.2 Å². The Hall–Kier alpha value is -3.91. The number of aryl methyl sites for hydroxylation is 1. The molecular formula is C26H21BrN2O5. The van der Waals surface area contributed by atoms with Crippen LogP contribution in [-0.4, -0.2) is 25.0 Å². The minimum absolute atomic E-state index is 0.157. The van der Waals surface area contributed by atoms with E-state index >= 15 is 0 Å². The van der Waals surface area contributed by atoms with Crippen molar-refractivity contribution in [3.05, 3.63) is 93.5 Å². The number of carbonyl (C=O) groups is 3. The molecule has 3 aromatic carbocycles. The molecule has 0 aromatic heterocycles. The summed E-state index contributed by atoms with van der Waals surface area (Å²) in [7, 11) is 1.52. The molecule has 0 spiro atoms. The molecule has 0 radical (unpaired) electrons. The second-order valence-electron chi connectivity index (χ2n) is 7.62. The van der Waals surface area contributed by atoms with Gasteiger partial charge >= 0.3 is 6.03 Å². The van der Waals surface area contributed by atoms with Crippen LogP contribution in [0.2, 0.25) is 0 Å². The molecule has 8 heteroatoms. The maximum Gasteiger partial charge on any atom is 0.335 e. The molecule has 0 unspecified atom stereocenters. The van der Waals surface area contributed by atoms with Crippen LogP contribution in [0, 0.1) is 6.92 Å². The van der Waals surface area contributed by atoms with Crippen molar-refractivity contribution in [2.45, 2.75) is 13.5 Å². The average Bonchev–Trinajstić information content (AvgIpc) is 2.82. The highest BCUT2D eigenvalue weighted by Gasteiger charge is 2.36. The summed E-state index contributed by atoms with van der Waals surface area (Å²) in [5.41, 5.74) is 2.97. The highest BCUT2D eigenvalue weighted by molar-refractivity contribution is 9.10. The lowest BCUT2D eigenvalue weighted by atomic mass is 10.1. The third-order valence-electron chi connectivity index (χ3n) is 5.21. The first-order chi connectivity index (χ1) is 16.4. The standard InChI is InChI=1S/C26H21BrN2O5/c1-16-3-5-17(6-4-16)15-34-23-12-7-18(14-22(23)27)13-21-24(30)28-26(32)29(25(21)31)19-8-10-20(33-2)11-9-19/h3-14H,15H2,1-2H3,(H,28,30,32)/b21-13+. The largest absolute Gasteiger partial charge is 0.497 e. The van der Waals surface area contributed by atoms with E-state index in [1.165, 1.54) is 18.7 Å². The summed E-state index contributed by atoms with van der Waals surface area (Å²) in [5.74, 6) is -0.266. The van der Waals surface area contributed by atoms with Gasteiger partial charge in [-0.2, -0.15) is 0 Å². The summed E-state index contributed by atoms with van der Waals surface area (Å²) < 4.78 is 11.7. The number of nitrogens with zero attached hydrogens (tertiary/aromatic N) is 1. The Balaban J connectivity index is 1.54. The number of halogens is 1. The Morgan fingerprint density at radius 1 is 0.971 bits per heavy atom. The van der Waals surface area contributed by atoms with Crippen LogP contribution in [0.4, 0.5) is 10.5 Å². The van der Waals surface area contributed by atoms with Crippen LogP contribution in [0.15, 0.2) is 76.8 Å². The molecule has 1 saturated heterocycles. The SMILES string of the molecule is COc1ccc(N2C(=O)NC(=O)/C(=C\c3ccc(OCc4ccc(C)cc4)c(Br)c3)C2=O)cc1. The molecule has 4 rings (SSSR count). The summed E-state index contributed by atoms with van der Waals surface area (Å²) in [4.78, 5) is 38.8. The number of carbonyl (C=O) groups excluding carboxylic acids is 3. The van der Waals surface area contributed by atoms with E-state index in [1.807, 2.05) is 31.2 Å². The highest BCUT2D eigenvalue weighted by atomic mass is 79.9. The number of urea groups is 1. The van der Waals surface area contributed by atoms with Gasteiger partial charge in [-0.05, 0) is 76.5 Å². The van der Waals surface area contributed by atoms with Crippen molar-refractivity contribution in [1.82, 2.24) is 5.32 Å². The first-order valence-electron chi connectivity index (χ1n) is 10.4. The van der Waals surface area contributed by atoms with Crippen molar-refractivity contribution in [2.75, 3.05) is 12.0 Å². The summed E-state index contributed by atoms with van der Waals surface area (Å²) >= 11 is 3.48. The Bertz CT molecular complexity index is 1280. The molecule has 4 amide bonds. The zero-order valence-corrected chi connectivity index (χ0v) is 20.1. The number of hydrogen-bond donors (Lipinski definition) is 1. The zero-order valence-electron chi connectivity index (χ0n) is 18.5. The highest BCUT2D eigenvalue weighted by Crippen LogP contribution is 2.29. The summed E-state index contributed by atoms with van der Waals surface area (Å²) in [6.45, 7) is 2.43. The molecule has 34 heavy (non-hydrogen) atoms. The van der Waals surface area contributed by atoms with E-state index in [0.717, 1.165) is 10.5 Å². The van der Waals surface area contributed by atoms with E-state index in [4.69, 9.17) is 9.47 Å². The lowest BCUT2D eigenvalue weighted by Crippen LogP contribution is -2.54. The van der Waals surface area contributed by atoms with Gasteiger partial charge in [0.05, 0.1) is 17.3 Å². The van der Waals surface area contributed by atoms with Crippen molar-refractivity contribution in [3.63, 3.8) is 0 Å². The van der Waals surface area contributed by atoms with Crippen LogP contribution < -0.4 is 19.7 Å². The number of nitrogens with one attached hydrogen (secondary N) is 1. The Morgan fingerprint density at radius 2 is 1.68 bits per heavy atom. The summed E-state index contributed by atoms with van der Waals surface area (Å²) in [6.07, 6.45) is 1.44. The lowest BCUT2D eigenvalue weighted by molar-refractivity contribution is -0.122. The predicted molar refractivity (Wildman–Crippen MR) is 132 cm³/mol. The molecule has 172 valence electrons. The molecule has 3 aromatic rings. The van der Waals surface area contributed by atoms with Crippen LogP contribution in [0.3, 0.4) is 0 Å². The third-order valence-corrected chi connectivity index (χ3v) is 5.83. The molecule has 7 nitrogen and oxygen atoms in total. The van der Waals surface area contributed by atoms with Gasteiger partial charge in [0.25, 0.3) is 11.8 Å². The topological polar surface area (TPSA) is 84.9 Å². The van der Waals surface area contributed by atoms with E-state index in [0.29, 0.717) is 33.8 Å². The summed E-state index contributed by atoms with van der Waals surface area (Å²) in [6, 6.07) is 18.9.